The molecule has 0 atom stereocenters. The Bertz CT molecular complexity index is 1140. The third kappa shape index (κ3) is 3.64. The first-order valence-electron chi connectivity index (χ1n) is 8.54. The Hall–Kier alpha value is -4.24. The van der Waals surface area contributed by atoms with Crippen molar-refractivity contribution in [3.8, 4) is 28.9 Å². The van der Waals surface area contributed by atoms with Crippen molar-refractivity contribution < 1.29 is 9.32 Å². The van der Waals surface area contributed by atoms with Gasteiger partial charge in [-0.05, 0) is 48.5 Å². The van der Waals surface area contributed by atoms with E-state index in [1.165, 1.54) is 0 Å². The highest BCUT2D eigenvalue weighted by Gasteiger charge is 2.12. The molecule has 0 fully saturated rings. The van der Waals surface area contributed by atoms with Crippen LogP contribution in [-0.4, -0.2) is 16.0 Å². The van der Waals surface area contributed by atoms with E-state index in [4.69, 9.17) is 9.78 Å². The second-order valence-electron chi connectivity index (χ2n) is 6.01. The first kappa shape index (κ1) is 17.2. The Balaban J connectivity index is 1.48. The zero-order chi connectivity index (χ0) is 19.3. The Morgan fingerprint density at radius 3 is 2.29 bits per heavy atom. The summed E-state index contributed by atoms with van der Waals surface area (Å²) in [4.78, 5) is 16.8. The van der Waals surface area contributed by atoms with Crippen LogP contribution in [0.15, 0.2) is 83.4 Å². The maximum atomic E-state index is 12.4. The number of hydrogen-bond donors (Lipinski definition) is 1. The lowest BCUT2D eigenvalue weighted by atomic mass is 10.1. The first-order valence-corrected chi connectivity index (χ1v) is 8.54. The molecule has 1 amide bonds. The van der Waals surface area contributed by atoms with Crippen molar-refractivity contribution in [1.82, 2.24) is 10.1 Å². The number of nitrogens with one attached hydrogen (secondary N) is 1. The minimum Gasteiger partial charge on any atom is -0.334 e. The molecule has 0 saturated carbocycles. The van der Waals surface area contributed by atoms with E-state index in [-0.39, 0.29) is 5.91 Å². The third-order valence-corrected chi connectivity index (χ3v) is 4.12. The highest BCUT2D eigenvalue weighted by Crippen LogP contribution is 2.22. The Morgan fingerprint density at radius 1 is 0.893 bits per heavy atom. The number of carbonyl (C=O) groups is 1. The number of nitriles is 1. The van der Waals surface area contributed by atoms with Crippen molar-refractivity contribution >= 4 is 11.6 Å². The molecule has 0 unspecified atom stereocenters. The Morgan fingerprint density at radius 2 is 1.61 bits per heavy atom. The zero-order valence-electron chi connectivity index (χ0n) is 14.7. The van der Waals surface area contributed by atoms with Crippen LogP contribution in [-0.2, 0) is 0 Å². The molecule has 0 aliphatic rings. The van der Waals surface area contributed by atoms with Crippen LogP contribution in [0.5, 0.6) is 0 Å². The standard InChI is InChI=1S/C22H14N4O2/c23-14-15-6-12-19(13-7-15)24-21(27)17-8-10-18(11-9-17)22-25-20(26-28-22)16-4-2-1-3-5-16/h1-13H,(H,24,27). The van der Waals surface area contributed by atoms with E-state index < -0.39 is 0 Å². The van der Waals surface area contributed by atoms with Gasteiger partial charge in [-0.15, -0.1) is 0 Å². The van der Waals surface area contributed by atoms with Crippen LogP contribution in [0.1, 0.15) is 15.9 Å². The van der Waals surface area contributed by atoms with Crippen molar-refractivity contribution in [3.63, 3.8) is 0 Å². The van der Waals surface area contributed by atoms with E-state index in [1.807, 2.05) is 36.4 Å². The van der Waals surface area contributed by atoms with E-state index in [0.29, 0.717) is 28.5 Å². The van der Waals surface area contributed by atoms with Crippen LogP contribution < -0.4 is 5.32 Å². The third-order valence-electron chi connectivity index (χ3n) is 4.12. The molecule has 0 spiro atoms. The van der Waals surface area contributed by atoms with Gasteiger partial charge in [-0.1, -0.05) is 35.5 Å². The lowest BCUT2D eigenvalue weighted by molar-refractivity contribution is 0.102. The molecule has 6 heteroatoms. The lowest BCUT2D eigenvalue weighted by Crippen LogP contribution is -2.11. The molecule has 1 N–H and O–H groups in total. The summed E-state index contributed by atoms with van der Waals surface area (Å²) < 4.78 is 5.33. The van der Waals surface area contributed by atoms with Crippen LogP contribution >= 0.6 is 0 Å². The fraction of sp³-hybridized carbons (Fsp3) is 0. The van der Waals surface area contributed by atoms with Crippen molar-refractivity contribution in [1.29, 1.82) is 5.26 Å². The average molecular weight is 366 g/mol. The van der Waals surface area contributed by atoms with E-state index >= 15 is 0 Å². The Labute approximate surface area is 161 Å². The fourth-order valence-corrected chi connectivity index (χ4v) is 2.64. The lowest BCUT2D eigenvalue weighted by Gasteiger charge is -2.05. The summed E-state index contributed by atoms with van der Waals surface area (Å²) in [5.41, 5.74) is 3.26. The highest BCUT2D eigenvalue weighted by atomic mass is 16.5. The molecule has 134 valence electrons. The smallest absolute Gasteiger partial charge is 0.258 e. The molecule has 3 aromatic carbocycles. The van der Waals surface area contributed by atoms with Gasteiger partial charge in [-0.25, -0.2) is 0 Å². The predicted octanol–water partition coefficient (Wildman–Crippen LogP) is 4.53. The topological polar surface area (TPSA) is 91.8 Å². The minimum absolute atomic E-state index is 0.244. The summed E-state index contributed by atoms with van der Waals surface area (Å²) >= 11 is 0. The summed E-state index contributed by atoms with van der Waals surface area (Å²) in [5.74, 6) is 0.655. The number of amides is 1. The van der Waals surface area contributed by atoms with Crippen LogP contribution in [0.2, 0.25) is 0 Å². The second kappa shape index (κ2) is 7.56. The van der Waals surface area contributed by atoms with Crippen molar-refractivity contribution in [2.24, 2.45) is 0 Å². The van der Waals surface area contributed by atoms with Crippen molar-refractivity contribution in [2.75, 3.05) is 5.32 Å². The molecule has 6 nitrogen and oxygen atoms in total. The molecule has 0 bridgehead atoms. The number of anilines is 1. The van der Waals surface area contributed by atoms with Crippen LogP contribution in [0.3, 0.4) is 0 Å². The van der Waals surface area contributed by atoms with E-state index in [2.05, 4.69) is 15.5 Å². The van der Waals surface area contributed by atoms with Gasteiger partial charge in [0.1, 0.15) is 0 Å². The molecule has 0 aliphatic heterocycles. The monoisotopic (exact) mass is 366 g/mol. The largest absolute Gasteiger partial charge is 0.334 e. The number of carbonyl (C=O) groups excluding carboxylic acids is 1. The number of aromatic nitrogens is 2. The number of hydrogen-bond acceptors (Lipinski definition) is 5. The van der Waals surface area contributed by atoms with Gasteiger partial charge in [-0.3, -0.25) is 4.79 Å². The van der Waals surface area contributed by atoms with Crippen molar-refractivity contribution in [3.05, 3.63) is 90.0 Å². The summed E-state index contributed by atoms with van der Waals surface area (Å²) in [5, 5.41) is 15.6. The highest BCUT2D eigenvalue weighted by molar-refractivity contribution is 6.04. The summed E-state index contributed by atoms with van der Waals surface area (Å²) in [7, 11) is 0. The zero-order valence-corrected chi connectivity index (χ0v) is 14.7. The quantitative estimate of drug-likeness (QED) is 0.573. The summed E-state index contributed by atoms with van der Waals surface area (Å²) in [6.45, 7) is 0. The predicted molar refractivity (Wildman–Crippen MR) is 104 cm³/mol. The van der Waals surface area contributed by atoms with Gasteiger partial charge in [0, 0.05) is 22.4 Å². The Kier molecular flexibility index (Phi) is 4.64. The number of rotatable bonds is 4. The molecule has 0 saturated heterocycles. The maximum Gasteiger partial charge on any atom is 0.258 e. The molecule has 4 aromatic rings. The molecule has 0 aliphatic carbocycles. The van der Waals surface area contributed by atoms with Crippen LogP contribution in [0.4, 0.5) is 5.69 Å². The van der Waals surface area contributed by atoms with Crippen molar-refractivity contribution in [2.45, 2.75) is 0 Å². The molecule has 1 aromatic heterocycles. The van der Waals surface area contributed by atoms with Gasteiger partial charge in [0.15, 0.2) is 0 Å². The van der Waals surface area contributed by atoms with Crippen LogP contribution in [0, 0.1) is 11.3 Å². The molecule has 28 heavy (non-hydrogen) atoms. The van der Waals surface area contributed by atoms with E-state index in [0.717, 1.165) is 11.1 Å². The average Bonchev–Trinajstić information content (AvgIpc) is 3.25. The maximum absolute atomic E-state index is 12.4. The molecule has 0 radical (unpaired) electrons. The van der Waals surface area contributed by atoms with Gasteiger partial charge >= 0.3 is 0 Å². The molecular weight excluding hydrogens is 352 g/mol. The van der Waals surface area contributed by atoms with Gasteiger partial charge in [0.25, 0.3) is 11.8 Å². The van der Waals surface area contributed by atoms with Gasteiger partial charge in [-0.2, -0.15) is 10.2 Å². The number of nitrogens with zero attached hydrogens (tertiary/aromatic N) is 3. The van der Waals surface area contributed by atoms with Gasteiger partial charge < -0.3 is 9.84 Å². The molecular formula is C22H14N4O2. The first-order chi connectivity index (χ1) is 13.7. The van der Waals surface area contributed by atoms with Gasteiger partial charge in [0.2, 0.25) is 5.82 Å². The molecule has 4 rings (SSSR count). The molecule has 1 heterocycles. The second-order valence-corrected chi connectivity index (χ2v) is 6.01. The number of benzene rings is 3. The summed E-state index contributed by atoms with van der Waals surface area (Å²) in [6.07, 6.45) is 0. The van der Waals surface area contributed by atoms with Gasteiger partial charge in [0.05, 0.1) is 11.6 Å². The summed E-state index contributed by atoms with van der Waals surface area (Å²) in [6, 6.07) is 25.2. The van der Waals surface area contributed by atoms with E-state index in [9.17, 15) is 4.79 Å². The SMILES string of the molecule is N#Cc1ccc(NC(=O)c2ccc(-c3nc(-c4ccccc4)no3)cc2)cc1. The fourth-order valence-electron chi connectivity index (χ4n) is 2.64. The normalized spacial score (nSPS) is 10.2. The van der Waals surface area contributed by atoms with Crippen LogP contribution in [0.25, 0.3) is 22.8 Å². The van der Waals surface area contributed by atoms with E-state index in [1.54, 1.807) is 48.5 Å². The minimum atomic E-state index is -0.244.